The maximum atomic E-state index is 13.2. The molecule has 0 saturated carbocycles. The highest BCUT2D eigenvalue weighted by atomic mass is 19.1. The van der Waals surface area contributed by atoms with Crippen LogP contribution < -0.4 is 10.5 Å². The average molecular weight is 181 g/mol. The van der Waals surface area contributed by atoms with Gasteiger partial charge in [-0.3, -0.25) is 0 Å². The van der Waals surface area contributed by atoms with E-state index in [1.165, 1.54) is 6.07 Å². The summed E-state index contributed by atoms with van der Waals surface area (Å²) in [4.78, 5) is 0. The van der Waals surface area contributed by atoms with Crippen LogP contribution in [0, 0.1) is 12.7 Å². The van der Waals surface area contributed by atoms with Gasteiger partial charge in [0.2, 0.25) is 0 Å². The smallest absolute Gasteiger partial charge is 0.165 e. The van der Waals surface area contributed by atoms with Crippen molar-refractivity contribution in [2.24, 2.45) is 5.73 Å². The summed E-state index contributed by atoms with van der Waals surface area (Å²) in [7, 11) is 0. The van der Waals surface area contributed by atoms with Crippen molar-refractivity contribution in [3.63, 3.8) is 0 Å². The first-order chi connectivity index (χ1) is 6.11. The van der Waals surface area contributed by atoms with Gasteiger partial charge in [0, 0.05) is 5.56 Å². The van der Waals surface area contributed by atoms with Crippen LogP contribution in [0.1, 0.15) is 24.1 Å². The first-order valence-electron chi connectivity index (χ1n) is 4.32. The molecule has 1 aromatic carbocycles. The van der Waals surface area contributed by atoms with Crippen LogP contribution in [0.5, 0.6) is 5.75 Å². The Bertz CT molecular complexity index is 351. The summed E-state index contributed by atoms with van der Waals surface area (Å²) >= 11 is 0. The molecule has 2 atom stereocenters. The molecule has 2 rings (SSSR count). The number of nitrogens with two attached hydrogens (primary N) is 1. The van der Waals surface area contributed by atoms with Gasteiger partial charge in [-0.25, -0.2) is 4.39 Å². The highest BCUT2D eigenvalue weighted by Gasteiger charge is 2.31. The van der Waals surface area contributed by atoms with E-state index in [4.69, 9.17) is 10.5 Å². The van der Waals surface area contributed by atoms with Gasteiger partial charge in [-0.2, -0.15) is 0 Å². The minimum atomic E-state index is -0.319. The summed E-state index contributed by atoms with van der Waals surface area (Å²) in [6.07, 6.45) is -0.134. The average Bonchev–Trinajstić information content (AvgIpc) is 2.38. The van der Waals surface area contributed by atoms with Gasteiger partial charge in [0.05, 0.1) is 6.04 Å². The van der Waals surface area contributed by atoms with E-state index in [9.17, 15) is 4.39 Å². The fourth-order valence-electron chi connectivity index (χ4n) is 1.70. The van der Waals surface area contributed by atoms with Crippen LogP contribution in [0.4, 0.5) is 4.39 Å². The third-order valence-electron chi connectivity index (χ3n) is 2.51. The van der Waals surface area contributed by atoms with Crippen molar-refractivity contribution in [1.82, 2.24) is 0 Å². The van der Waals surface area contributed by atoms with Crippen LogP contribution in [-0.4, -0.2) is 6.10 Å². The fourth-order valence-corrected chi connectivity index (χ4v) is 1.70. The molecule has 70 valence electrons. The number of aryl methyl sites for hydroxylation is 1. The van der Waals surface area contributed by atoms with Gasteiger partial charge in [-0.05, 0) is 25.5 Å². The molecule has 0 aliphatic carbocycles. The fraction of sp³-hybridized carbons (Fsp3) is 0.400. The molecule has 1 aliphatic heterocycles. The third kappa shape index (κ3) is 1.11. The van der Waals surface area contributed by atoms with E-state index in [2.05, 4.69) is 0 Å². The Morgan fingerprint density at radius 3 is 2.77 bits per heavy atom. The lowest BCUT2D eigenvalue weighted by Crippen LogP contribution is -2.21. The van der Waals surface area contributed by atoms with Crippen molar-refractivity contribution in [2.45, 2.75) is 26.0 Å². The Hall–Kier alpha value is -1.09. The number of fused-ring (bicyclic) bond motifs is 1. The van der Waals surface area contributed by atoms with Gasteiger partial charge in [-0.15, -0.1) is 0 Å². The Balaban J connectivity index is 2.61. The minimum Gasteiger partial charge on any atom is -0.485 e. The molecule has 0 radical (unpaired) electrons. The molecule has 3 heteroatoms. The summed E-state index contributed by atoms with van der Waals surface area (Å²) in [5.74, 6) is 0.0143. The van der Waals surface area contributed by atoms with Crippen LogP contribution in [0.25, 0.3) is 0 Å². The largest absolute Gasteiger partial charge is 0.485 e. The normalized spacial score (nSPS) is 25.5. The number of halogens is 1. The highest BCUT2D eigenvalue weighted by Crippen LogP contribution is 2.38. The van der Waals surface area contributed by atoms with Crippen molar-refractivity contribution >= 4 is 0 Å². The maximum absolute atomic E-state index is 13.2. The lowest BCUT2D eigenvalue weighted by molar-refractivity contribution is 0.220. The molecule has 2 unspecified atom stereocenters. The monoisotopic (exact) mass is 181 g/mol. The lowest BCUT2D eigenvalue weighted by Gasteiger charge is -2.08. The predicted octanol–water partition coefficient (Wildman–Crippen LogP) is 1.91. The van der Waals surface area contributed by atoms with E-state index in [1.54, 1.807) is 6.07 Å². The second-order valence-electron chi connectivity index (χ2n) is 3.46. The molecule has 0 aromatic heterocycles. The van der Waals surface area contributed by atoms with E-state index >= 15 is 0 Å². The first-order valence-corrected chi connectivity index (χ1v) is 4.32. The zero-order valence-corrected chi connectivity index (χ0v) is 7.67. The van der Waals surface area contributed by atoms with Gasteiger partial charge in [0.15, 0.2) is 11.6 Å². The minimum absolute atomic E-state index is 0.134. The molecule has 2 N–H and O–H groups in total. The molecule has 0 spiro atoms. The third-order valence-corrected chi connectivity index (χ3v) is 2.51. The molecule has 2 nitrogen and oxygen atoms in total. The van der Waals surface area contributed by atoms with E-state index in [-0.39, 0.29) is 18.0 Å². The molecule has 1 heterocycles. The SMILES string of the molecule is Cc1ccc(F)c2c1C(N)C(C)O2. The molecule has 0 amide bonds. The molecular weight excluding hydrogens is 169 g/mol. The Morgan fingerprint density at radius 1 is 1.46 bits per heavy atom. The first kappa shape index (κ1) is 8.51. The van der Waals surface area contributed by atoms with Gasteiger partial charge in [-0.1, -0.05) is 6.07 Å². The number of ether oxygens (including phenoxy) is 1. The number of hydrogen-bond donors (Lipinski definition) is 1. The quantitative estimate of drug-likeness (QED) is 0.663. The van der Waals surface area contributed by atoms with Crippen molar-refractivity contribution in [3.8, 4) is 5.75 Å². The highest BCUT2D eigenvalue weighted by molar-refractivity contribution is 5.46. The second kappa shape index (κ2) is 2.70. The van der Waals surface area contributed by atoms with E-state index in [1.807, 2.05) is 13.8 Å². The zero-order valence-electron chi connectivity index (χ0n) is 7.67. The summed E-state index contributed by atoms with van der Waals surface area (Å²) in [5, 5.41) is 0. The van der Waals surface area contributed by atoms with Crippen LogP contribution in [0.2, 0.25) is 0 Å². The standard InChI is InChI=1S/C10H12FNO/c1-5-3-4-7(11)10-8(5)9(12)6(2)13-10/h3-4,6,9H,12H2,1-2H3. The van der Waals surface area contributed by atoms with Crippen molar-refractivity contribution in [1.29, 1.82) is 0 Å². The summed E-state index contributed by atoms with van der Waals surface area (Å²) in [5.41, 5.74) is 7.67. The molecule has 0 saturated heterocycles. The Morgan fingerprint density at radius 2 is 2.15 bits per heavy atom. The number of benzene rings is 1. The van der Waals surface area contributed by atoms with Crippen LogP contribution in [0.15, 0.2) is 12.1 Å². The summed E-state index contributed by atoms with van der Waals surface area (Å²) in [6, 6.07) is 2.94. The molecule has 1 aliphatic rings. The van der Waals surface area contributed by atoms with Gasteiger partial charge < -0.3 is 10.5 Å². The second-order valence-corrected chi connectivity index (χ2v) is 3.46. The van der Waals surface area contributed by atoms with Gasteiger partial charge in [0.25, 0.3) is 0 Å². The van der Waals surface area contributed by atoms with E-state index < -0.39 is 0 Å². The Kier molecular flexibility index (Phi) is 1.77. The maximum Gasteiger partial charge on any atom is 0.165 e. The number of hydrogen-bond acceptors (Lipinski definition) is 2. The lowest BCUT2D eigenvalue weighted by atomic mass is 10.0. The molecule has 0 fully saturated rings. The molecule has 13 heavy (non-hydrogen) atoms. The van der Waals surface area contributed by atoms with Crippen LogP contribution in [0.3, 0.4) is 0 Å². The molecular formula is C10H12FNO. The van der Waals surface area contributed by atoms with Crippen LogP contribution in [-0.2, 0) is 0 Å². The van der Waals surface area contributed by atoms with Crippen molar-refractivity contribution < 1.29 is 9.13 Å². The van der Waals surface area contributed by atoms with Gasteiger partial charge in [0.1, 0.15) is 6.10 Å². The van der Waals surface area contributed by atoms with E-state index in [0.29, 0.717) is 5.75 Å². The predicted molar refractivity (Wildman–Crippen MR) is 48.2 cm³/mol. The zero-order chi connectivity index (χ0) is 9.59. The summed E-state index contributed by atoms with van der Waals surface area (Å²) in [6.45, 7) is 3.77. The topological polar surface area (TPSA) is 35.2 Å². The van der Waals surface area contributed by atoms with Crippen molar-refractivity contribution in [2.75, 3.05) is 0 Å². The van der Waals surface area contributed by atoms with Gasteiger partial charge >= 0.3 is 0 Å². The molecule has 0 bridgehead atoms. The van der Waals surface area contributed by atoms with E-state index in [0.717, 1.165) is 11.1 Å². The summed E-state index contributed by atoms with van der Waals surface area (Å²) < 4.78 is 18.6. The number of rotatable bonds is 0. The van der Waals surface area contributed by atoms with Crippen LogP contribution >= 0.6 is 0 Å². The molecule has 1 aromatic rings. The van der Waals surface area contributed by atoms with Crippen molar-refractivity contribution in [3.05, 3.63) is 29.1 Å². The Labute approximate surface area is 76.5 Å².